The molecule has 0 saturated heterocycles. The normalized spacial score (nSPS) is 13.0. The van der Waals surface area contributed by atoms with Crippen LogP contribution in [-0.4, -0.2) is 73.6 Å². The van der Waals surface area contributed by atoms with Gasteiger partial charge in [-0.25, -0.2) is 67.3 Å². The van der Waals surface area contributed by atoms with Gasteiger partial charge in [-0.05, 0) is 181 Å². The molecule has 0 heterocycles. The summed E-state index contributed by atoms with van der Waals surface area (Å²) in [6, 6.07) is 34.8. The molecule has 0 aliphatic rings. The van der Waals surface area contributed by atoms with Gasteiger partial charge in [0.25, 0.3) is 0 Å². The first-order valence-electron chi connectivity index (χ1n) is 22.7. The van der Waals surface area contributed by atoms with E-state index >= 15 is 0 Å². The zero-order valence-corrected chi connectivity index (χ0v) is 49.0. The Kier molecular flexibility index (Phi) is 16.3. The molecule has 0 amide bonds. The summed E-state index contributed by atoms with van der Waals surface area (Å²) >= 11 is 12.4. The summed E-state index contributed by atoms with van der Waals surface area (Å²) in [4.78, 5) is -3.66. The number of aryl methyl sites for hydroxylation is 1. The van der Waals surface area contributed by atoms with Crippen LogP contribution in [0.1, 0.15) is 22.3 Å². The SMILES string of the molecule is Cc1ccc(S(=O)(=O)c2ccc(S(=O)(=O)c3ccc(S(=O)(=O)c4ccc(S(=O)(=O)Cc5ccc(S(=O)(=O)c6ccc(S(=O)(=O)c7ccc(S(=O)(=O)c8ccc(S(C)(=O)=O)cc8)cc7)cc6)cc5)cc4CCl)c(CCl)c3)cc2)cc1. The molecule has 0 N–H and O–H groups in total. The predicted octanol–water partition coefficient (Wildman–Crippen LogP) is 8.85. The van der Waals surface area contributed by atoms with Crippen molar-refractivity contribution in [2.45, 2.75) is 93.0 Å². The fourth-order valence-corrected chi connectivity index (χ4v) is 18.7. The van der Waals surface area contributed by atoms with E-state index in [0.29, 0.717) is 0 Å². The van der Waals surface area contributed by atoms with Crippen molar-refractivity contribution in [3.8, 4) is 0 Å². The lowest BCUT2D eigenvalue weighted by Gasteiger charge is -2.15. The van der Waals surface area contributed by atoms with Crippen LogP contribution in [0.25, 0.3) is 0 Å². The molecule has 0 fully saturated rings. The molecule has 79 heavy (non-hydrogen) atoms. The van der Waals surface area contributed by atoms with Crippen LogP contribution in [0.15, 0.2) is 251 Å². The summed E-state index contributed by atoms with van der Waals surface area (Å²) < 4.78 is 214. The van der Waals surface area contributed by atoms with Gasteiger partial charge in [0.05, 0.1) is 74.3 Å². The zero-order chi connectivity index (χ0) is 57.7. The highest BCUT2D eigenvalue weighted by atomic mass is 35.5. The highest BCUT2D eigenvalue weighted by Crippen LogP contribution is 2.35. The average molecular weight is 1260 g/mol. The van der Waals surface area contributed by atoms with E-state index < -0.39 is 106 Å². The Morgan fingerprint density at radius 3 is 0.835 bits per heavy atom. The third kappa shape index (κ3) is 11.8. The Morgan fingerprint density at radius 2 is 0.532 bits per heavy atom. The molecule has 0 aliphatic heterocycles. The second-order valence-corrected chi connectivity index (χ2v) is 33.9. The Balaban J connectivity index is 0.953. The van der Waals surface area contributed by atoms with E-state index in [1.165, 1.54) is 24.3 Å². The third-order valence-corrected chi connectivity index (χ3v) is 26.7. The molecule has 16 nitrogen and oxygen atoms in total. The van der Waals surface area contributed by atoms with Crippen LogP contribution >= 0.6 is 23.2 Å². The number of alkyl halides is 2. The van der Waals surface area contributed by atoms with E-state index in [0.717, 1.165) is 157 Å². The van der Waals surface area contributed by atoms with Gasteiger partial charge in [-0.1, -0.05) is 29.8 Å². The molecule has 0 aromatic heterocycles. The van der Waals surface area contributed by atoms with Crippen LogP contribution in [0, 0.1) is 6.92 Å². The van der Waals surface area contributed by atoms with Gasteiger partial charge in [-0.2, -0.15) is 0 Å². The van der Waals surface area contributed by atoms with Crippen molar-refractivity contribution in [3.63, 3.8) is 0 Å². The lowest BCUT2D eigenvalue weighted by Crippen LogP contribution is -2.11. The Hall–Kier alpha value is -6.06. The van der Waals surface area contributed by atoms with Crippen LogP contribution in [0.5, 0.6) is 0 Å². The first-order valence-corrected chi connectivity index (χ1v) is 36.2. The second-order valence-electron chi connectivity index (χ2n) is 17.7. The largest absolute Gasteiger partial charge is 0.224 e. The van der Waals surface area contributed by atoms with Crippen molar-refractivity contribution in [1.82, 2.24) is 0 Å². The van der Waals surface area contributed by atoms with Crippen molar-refractivity contribution in [2.24, 2.45) is 0 Å². The lowest BCUT2D eigenvalue weighted by molar-refractivity contribution is 0.589. The van der Waals surface area contributed by atoms with E-state index in [-0.39, 0.29) is 75.4 Å². The second kappa shape index (κ2) is 21.8. The van der Waals surface area contributed by atoms with Crippen molar-refractivity contribution in [2.75, 3.05) is 6.26 Å². The summed E-state index contributed by atoms with van der Waals surface area (Å²) in [6.45, 7) is 1.80. The number of hydrogen-bond acceptors (Lipinski definition) is 16. The van der Waals surface area contributed by atoms with Crippen LogP contribution in [0.3, 0.4) is 0 Å². The van der Waals surface area contributed by atoms with Gasteiger partial charge in [-0.3, -0.25) is 0 Å². The van der Waals surface area contributed by atoms with Crippen molar-refractivity contribution in [1.29, 1.82) is 0 Å². The number of benzene rings is 8. The molecule has 8 aromatic rings. The van der Waals surface area contributed by atoms with Crippen LogP contribution in [0.2, 0.25) is 0 Å². The lowest BCUT2D eigenvalue weighted by atomic mass is 10.2. The average Bonchev–Trinajstić information content (AvgIpc) is 3.55. The minimum absolute atomic E-state index is 0.0151. The monoisotopic (exact) mass is 1260 g/mol. The molecule has 0 unspecified atom stereocenters. The van der Waals surface area contributed by atoms with Gasteiger partial charge >= 0.3 is 0 Å². The summed E-state index contributed by atoms with van der Waals surface area (Å²) in [6.07, 6.45) is 0.968. The number of halogens is 2. The molecule has 8 aromatic carbocycles. The molecule has 0 bridgehead atoms. The summed E-state index contributed by atoms with van der Waals surface area (Å²) in [5.41, 5.74) is 0.738. The van der Waals surface area contributed by atoms with Gasteiger partial charge in [0.1, 0.15) is 0 Å². The van der Waals surface area contributed by atoms with Gasteiger partial charge in [0.15, 0.2) is 19.7 Å². The van der Waals surface area contributed by atoms with E-state index in [9.17, 15) is 67.3 Å². The highest BCUT2D eigenvalue weighted by Gasteiger charge is 2.30. The maximum absolute atomic E-state index is 14.2. The van der Waals surface area contributed by atoms with Crippen LogP contribution in [-0.2, 0) is 96.2 Å². The number of sulfone groups is 8. The standard InChI is InChI=1S/C53H42Cl2O16S8/c1-36-3-7-41(8-4-36)74(60,61)44-23-25-49(26-24-44)78(68,69)51-28-30-53(39(32-51)34-55)79(70,71)52-29-27-50(31-38(52)33-54)73(58,59)35-37-5-9-42(10-6-37)75(62,63)45-15-17-47(18-16-45)77(66,67)48-21-19-46(20-22-48)76(64,65)43-13-11-40(12-14-43)72(2,56)57/h3-32H,33-35H2,1-2H3. The fourth-order valence-electron chi connectivity index (χ4n) is 8.05. The molecule has 0 atom stereocenters. The molecule has 412 valence electrons. The molecule has 8 rings (SSSR count). The zero-order valence-electron chi connectivity index (χ0n) is 41.0. The minimum atomic E-state index is -4.55. The smallest absolute Gasteiger partial charge is 0.207 e. The van der Waals surface area contributed by atoms with Gasteiger partial charge in [0.2, 0.25) is 59.0 Å². The first kappa shape index (κ1) is 59.1. The molecular formula is C53H42Cl2O16S8. The Bertz CT molecular complexity index is 4660. The van der Waals surface area contributed by atoms with Crippen molar-refractivity contribution in [3.05, 3.63) is 204 Å². The topological polar surface area (TPSA) is 273 Å². The maximum atomic E-state index is 14.2. The quantitative estimate of drug-likeness (QED) is 0.0725. The van der Waals surface area contributed by atoms with Crippen LogP contribution < -0.4 is 0 Å². The van der Waals surface area contributed by atoms with Crippen molar-refractivity contribution >= 4 is 102 Å². The Morgan fingerprint density at radius 1 is 0.291 bits per heavy atom. The highest BCUT2D eigenvalue weighted by molar-refractivity contribution is 7.93. The fraction of sp³-hybridized carbons (Fsp3) is 0.0943. The van der Waals surface area contributed by atoms with E-state index in [2.05, 4.69) is 0 Å². The van der Waals surface area contributed by atoms with Gasteiger partial charge in [-0.15, -0.1) is 23.2 Å². The minimum Gasteiger partial charge on any atom is -0.224 e. The summed E-state index contributed by atoms with van der Waals surface area (Å²) in [5.74, 6) is -1.63. The number of rotatable bonds is 18. The molecule has 0 radical (unpaired) electrons. The third-order valence-electron chi connectivity index (χ3n) is 12.4. The summed E-state index contributed by atoms with van der Waals surface area (Å²) in [7, 11) is -33.5. The molecule has 0 spiro atoms. The molecule has 0 saturated carbocycles. The van der Waals surface area contributed by atoms with Gasteiger partial charge in [0, 0.05) is 18.0 Å². The Labute approximate surface area is 468 Å². The van der Waals surface area contributed by atoms with Crippen molar-refractivity contribution < 1.29 is 67.3 Å². The van der Waals surface area contributed by atoms with E-state index in [1.54, 1.807) is 19.1 Å². The van der Waals surface area contributed by atoms with Gasteiger partial charge < -0.3 is 0 Å². The summed E-state index contributed by atoms with van der Waals surface area (Å²) in [5, 5.41) is 0. The predicted molar refractivity (Wildman–Crippen MR) is 292 cm³/mol. The molecule has 26 heteroatoms. The number of hydrogen-bond donors (Lipinski definition) is 0. The van der Waals surface area contributed by atoms with Crippen LogP contribution in [0.4, 0.5) is 0 Å². The molecular weight excluding hydrogens is 1220 g/mol. The molecule has 0 aliphatic carbocycles. The van der Waals surface area contributed by atoms with E-state index in [4.69, 9.17) is 23.2 Å². The maximum Gasteiger partial charge on any atom is 0.207 e. The first-order chi connectivity index (χ1) is 36.8. The van der Waals surface area contributed by atoms with E-state index in [1.807, 2.05) is 0 Å².